The highest BCUT2D eigenvalue weighted by molar-refractivity contribution is 6.30. The van der Waals surface area contributed by atoms with Crippen LogP contribution >= 0.6 is 11.6 Å². The van der Waals surface area contributed by atoms with E-state index in [4.69, 9.17) is 21.6 Å². The second-order valence-corrected chi connectivity index (χ2v) is 9.32. The summed E-state index contributed by atoms with van der Waals surface area (Å²) >= 11 is 6.02. The van der Waals surface area contributed by atoms with Gasteiger partial charge in [-0.1, -0.05) is 29.8 Å². The Morgan fingerprint density at radius 1 is 1.29 bits per heavy atom. The molecule has 2 amide bonds. The molecule has 5 rings (SSSR count). The minimum Gasteiger partial charge on any atom is -0.493 e. The van der Waals surface area contributed by atoms with Gasteiger partial charge in [0.2, 0.25) is 0 Å². The predicted molar refractivity (Wildman–Crippen MR) is 128 cm³/mol. The van der Waals surface area contributed by atoms with Gasteiger partial charge in [0.15, 0.2) is 5.82 Å². The molecule has 2 N–H and O–H groups in total. The lowest BCUT2D eigenvalue weighted by atomic mass is 9.99. The molecule has 2 aliphatic heterocycles. The number of nitrogens with one attached hydrogen (secondary N) is 1. The topological polar surface area (TPSA) is 116 Å². The van der Waals surface area contributed by atoms with E-state index in [0.29, 0.717) is 48.2 Å². The van der Waals surface area contributed by atoms with Crippen molar-refractivity contribution in [2.24, 2.45) is 0 Å². The summed E-state index contributed by atoms with van der Waals surface area (Å²) in [6.07, 6.45) is 0.325. The first kappa shape index (κ1) is 23.1. The Hall–Kier alpha value is -3.61. The highest BCUT2D eigenvalue weighted by Gasteiger charge is 2.39. The maximum Gasteiger partial charge on any atom is 0.318 e. The number of nitrogens with zero attached hydrogens (tertiary/aromatic N) is 5. The fourth-order valence-electron chi connectivity index (χ4n) is 4.74. The van der Waals surface area contributed by atoms with E-state index in [1.165, 1.54) is 0 Å². The molecule has 1 unspecified atom stereocenters. The lowest BCUT2D eigenvalue weighted by Crippen LogP contribution is -2.43. The SMILES string of the molecule is Cc1nnc(C2C[C@H](O)CN2C(=O)N[C@H]2CCOc3cc(C#N)ccc32)n1Cc1ccc(Cl)cc1. The number of benzene rings is 2. The summed E-state index contributed by atoms with van der Waals surface area (Å²) < 4.78 is 7.68. The van der Waals surface area contributed by atoms with Crippen molar-refractivity contribution in [3.05, 3.63) is 75.8 Å². The number of aliphatic hydroxyl groups excluding tert-OH is 1. The zero-order valence-electron chi connectivity index (χ0n) is 19.2. The summed E-state index contributed by atoms with van der Waals surface area (Å²) in [7, 11) is 0. The van der Waals surface area contributed by atoms with Crippen molar-refractivity contribution in [3.63, 3.8) is 0 Å². The summed E-state index contributed by atoms with van der Waals surface area (Å²) in [6.45, 7) is 3.04. The highest BCUT2D eigenvalue weighted by atomic mass is 35.5. The normalized spacial score (nSPS) is 21.2. The third-order valence-corrected chi connectivity index (χ3v) is 6.79. The summed E-state index contributed by atoms with van der Waals surface area (Å²) in [5, 5.41) is 32.0. The Bertz CT molecular complexity index is 1290. The molecule has 35 heavy (non-hydrogen) atoms. The third-order valence-electron chi connectivity index (χ3n) is 6.54. The van der Waals surface area contributed by atoms with Crippen LogP contribution in [0, 0.1) is 18.3 Å². The molecule has 2 aromatic carbocycles. The van der Waals surface area contributed by atoms with Gasteiger partial charge in [-0.3, -0.25) is 0 Å². The van der Waals surface area contributed by atoms with Gasteiger partial charge >= 0.3 is 6.03 Å². The van der Waals surface area contributed by atoms with Gasteiger partial charge in [0.05, 0.1) is 43.0 Å². The summed E-state index contributed by atoms with van der Waals surface area (Å²) in [6, 6.07) is 13.9. The molecule has 0 aliphatic carbocycles. The molecule has 1 saturated heterocycles. The standard InChI is InChI=1S/C25H25ClN6O3/c1-15-29-30-24(31(15)13-16-2-5-18(26)6-3-16)22-11-19(33)14-32(22)25(34)28-21-8-9-35-23-10-17(12-27)4-7-20(21)23/h2-7,10,19,21-22,33H,8-9,11,13-14H2,1H3,(H,28,34)/t19-,21-,22?/m0/s1. The molecule has 0 saturated carbocycles. The number of carbonyl (C=O) groups excluding carboxylic acids is 1. The maximum absolute atomic E-state index is 13.4. The number of β-amino-alcohol motifs (C(OH)–C–C–N with tert-alkyl or cyclic N) is 1. The predicted octanol–water partition coefficient (Wildman–Crippen LogP) is 3.50. The van der Waals surface area contributed by atoms with Crippen LogP contribution in [0.4, 0.5) is 4.79 Å². The Labute approximate surface area is 207 Å². The molecule has 10 heteroatoms. The minimum atomic E-state index is -0.660. The Balaban J connectivity index is 1.38. The van der Waals surface area contributed by atoms with Crippen LogP contribution in [0.3, 0.4) is 0 Å². The number of nitriles is 1. The number of rotatable bonds is 4. The van der Waals surface area contributed by atoms with Gasteiger partial charge in [0, 0.05) is 30.0 Å². The second kappa shape index (κ2) is 9.56. The number of halogens is 1. The van der Waals surface area contributed by atoms with Gasteiger partial charge in [-0.2, -0.15) is 5.26 Å². The molecule has 3 heterocycles. The van der Waals surface area contributed by atoms with Crippen LogP contribution < -0.4 is 10.1 Å². The van der Waals surface area contributed by atoms with Gasteiger partial charge in [0.25, 0.3) is 0 Å². The first-order chi connectivity index (χ1) is 16.9. The van der Waals surface area contributed by atoms with Gasteiger partial charge in [-0.15, -0.1) is 10.2 Å². The molecular formula is C25H25ClN6O3. The smallest absolute Gasteiger partial charge is 0.318 e. The van der Waals surface area contributed by atoms with Crippen LogP contribution in [0.15, 0.2) is 42.5 Å². The number of carbonyl (C=O) groups is 1. The van der Waals surface area contributed by atoms with Crippen LogP contribution in [0.5, 0.6) is 5.75 Å². The second-order valence-electron chi connectivity index (χ2n) is 8.88. The summed E-state index contributed by atoms with van der Waals surface area (Å²) in [4.78, 5) is 15.1. The van der Waals surface area contributed by atoms with Gasteiger partial charge in [-0.05, 0) is 36.8 Å². The highest BCUT2D eigenvalue weighted by Crippen LogP contribution is 2.35. The Kier molecular flexibility index (Phi) is 6.32. The van der Waals surface area contributed by atoms with E-state index in [0.717, 1.165) is 17.0 Å². The molecule has 3 atom stereocenters. The number of fused-ring (bicyclic) bond motifs is 1. The van der Waals surface area contributed by atoms with Crippen LogP contribution in [0.2, 0.25) is 5.02 Å². The van der Waals surface area contributed by atoms with Crippen LogP contribution in [0.1, 0.15) is 53.3 Å². The summed E-state index contributed by atoms with van der Waals surface area (Å²) in [5.74, 6) is 1.97. The first-order valence-corrected chi connectivity index (χ1v) is 11.9. The quantitative estimate of drug-likeness (QED) is 0.575. The van der Waals surface area contributed by atoms with Crippen molar-refractivity contribution >= 4 is 17.6 Å². The average Bonchev–Trinajstić information content (AvgIpc) is 3.42. The van der Waals surface area contributed by atoms with Gasteiger partial charge < -0.3 is 24.6 Å². The number of ether oxygens (including phenoxy) is 1. The fraction of sp³-hybridized carbons (Fsp3) is 0.360. The van der Waals surface area contributed by atoms with Gasteiger partial charge in [-0.25, -0.2) is 4.79 Å². The van der Waals surface area contributed by atoms with E-state index in [2.05, 4.69) is 21.6 Å². The monoisotopic (exact) mass is 492 g/mol. The number of urea groups is 1. The zero-order valence-corrected chi connectivity index (χ0v) is 19.9. The number of likely N-dealkylation sites (tertiary alicyclic amines) is 1. The molecule has 1 aromatic heterocycles. The van der Waals surface area contributed by atoms with E-state index in [1.807, 2.05) is 41.8 Å². The molecule has 0 bridgehead atoms. The fourth-order valence-corrected chi connectivity index (χ4v) is 4.86. The Morgan fingerprint density at radius 2 is 2.09 bits per heavy atom. The first-order valence-electron chi connectivity index (χ1n) is 11.5. The van der Waals surface area contributed by atoms with E-state index in [9.17, 15) is 9.90 Å². The minimum absolute atomic E-state index is 0.201. The van der Waals surface area contributed by atoms with Crippen molar-refractivity contribution in [1.82, 2.24) is 25.0 Å². The van der Waals surface area contributed by atoms with Crippen molar-refractivity contribution in [2.45, 2.75) is 44.5 Å². The zero-order chi connectivity index (χ0) is 24.5. The lowest BCUT2D eigenvalue weighted by molar-refractivity contribution is 0.163. The molecule has 1 fully saturated rings. The number of aromatic nitrogens is 3. The summed E-state index contributed by atoms with van der Waals surface area (Å²) in [5.41, 5.74) is 2.37. The molecule has 2 aliphatic rings. The molecule has 0 radical (unpaired) electrons. The largest absolute Gasteiger partial charge is 0.493 e. The average molecular weight is 493 g/mol. The number of aliphatic hydroxyl groups is 1. The molecule has 0 spiro atoms. The molecular weight excluding hydrogens is 468 g/mol. The van der Waals surface area contributed by atoms with Crippen molar-refractivity contribution < 1.29 is 14.6 Å². The number of aryl methyl sites for hydroxylation is 1. The number of amides is 2. The van der Waals surface area contributed by atoms with E-state index >= 15 is 0 Å². The van der Waals surface area contributed by atoms with Crippen LogP contribution in [0.25, 0.3) is 0 Å². The van der Waals surface area contributed by atoms with Gasteiger partial charge in [0.1, 0.15) is 11.6 Å². The third kappa shape index (κ3) is 4.67. The van der Waals surface area contributed by atoms with E-state index < -0.39 is 12.1 Å². The van der Waals surface area contributed by atoms with Crippen molar-refractivity contribution in [2.75, 3.05) is 13.2 Å². The number of hydrogen-bond acceptors (Lipinski definition) is 6. The number of hydrogen-bond donors (Lipinski definition) is 2. The van der Waals surface area contributed by atoms with Crippen molar-refractivity contribution in [3.8, 4) is 11.8 Å². The van der Waals surface area contributed by atoms with Crippen LogP contribution in [-0.2, 0) is 6.54 Å². The molecule has 180 valence electrons. The molecule has 9 nitrogen and oxygen atoms in total. The van der Waals surface area contributed by atoms with Crippen LogP contribution in [-0.4, -0.2) is 50.1 Å². The molecule has 3 aromatic rings. The van der Waals surface area contributed by atoms with Crippen molar-refractivity contribution in [1.29, 1.82) is 5.26 Å². The van der Waals surface area contributed by atoms with E-state index in [-0.39, 0.29) is 18.6 Å². The lowest BCUT2D eigenvalue weighted by Gasteiger charge is -2.30. The van der Waals surface area contributed by atoms with E-state index in [1.54, 1.807) is 17.0 Å². The Morgan fingerprint density at radius 3 is 2.86 bits per heavy atom. The maximum atomic E-state index is 13.4.